The number of esters is 1. The molecule has 0 spiro atoms. The first kappa shape index (κ1) is 31.1. The molecule has 0 bridgehead atoms. The SMILES string of the molecule is CCOC(=O)CC(c1ccccc1)c1ccc2c(c1)OCCN2C(=O)Cc1ccc(NC(=O)Nc2ccccc2C)c(OC)c1. The zero-order valence-electron chi connectivity index (χ0n) is 25.7. The van der Waals surface area contributed by atoms with E-state index in [1.807, 2.05) is 79.7 Å². The number of anilines is 3. The number of benzene rings is 4. The highest BCUT2D eigenvalue weighted by Gasteiger charge is 2.27. The fourth-order valence-corrected chi connectivity index (χ4v) is 5.42. The Morgan fingerprint density at radius 1 is 0.889 bits per heavy atom. The van der Waals surface area contributed by atoms with Crippen molar-refractivity contribution >= 4 is 35.0 Å². The van der Waals surface area contributed by atoms with Crippen molar-refractivity contribution in [2.45, 2.75) is 32.6 Å². The number of hydrogen-bond acceptors (Lipinski definition) is 6. The first-order valence-electron chi connectivity index (χ1n) is 14.9. The van der Waals surface area contributed by atoms with E-state index in [1.54, 1.807) is 30.0 Å². The van der Waals surface area contributed by atoms with Crippen molar-refractivity contribution in [2.24, 2.45) is 0 Å². The molecule has 1 atom stereocenters. The normalized spacial score (nSPS) is 12.7. The van der Waals surface area contributed by atoms with Crippen LogP contribution in [0.1, 0.15) is 41.5 Å². The Morgan fingerprint density at radius 2 is 1.64 bits per heavy atom. The molecule has 0 radical (unpaired) electrons. The Morgan fingerprint density at radius 3 is 2.40 bits per heavy atom. The highest BCUT2D eigenvalue weighted by atomic mass is 16.5. The van der Waals surface area contributed by atoms with Crippen LogP contribution in [-0.2, 0) is 20.7 Å². The number of methoxy groups -OCH3 is 1. The third-order valence-electron chi connectivity index (χ3n) is 7.69. The lowest BCUT2D eigenvalue weighted by molar-refractivity contribution is -0.143. The summed E-state index contributed by atoms with van der Waals surface area (Å²) < 4.78 is 16.8. The van der Waals surface area contributed by atoms with Crippen molar-refractivity contribution in [3.63, 3.8) is 0 Å². The largest absolute Gasteiger partial charge is 0.495 e. The van der Waals surface area contributed by atoms with E-state index in [4.69, 9.17) is 14.2 Å². The molecule has 232 valence electrons. The molecule has 9 nitrogen and oxygen atoms in total. The fourth-order valence-electron chi connectivity index (χ4n) is 5.42. The minimum absolute atomic E-state index is 0.0986. The van der Waals surface area contributed by atoms with Gasteiger partial charge in [0, 0.05) is 11.6 Å². The van der Waals surface area contributed by atoms with Crippen LogP contribution in [0.25, 0.3) is 0 Å². The monoisotopic (exact) mass is 607 g/mol. The molecule has 1 aliphatic heterocycles. The quantitative estimate of drug-likeness (QED) is 0.194. The van der Waals surface area contributed by atoms with Crippen molar-refractivity contribution in [1.29, 1.82) is 0 Å². The van der Waals surface area contributed by atoms with Crippen LogP contribution in [0.4, 0.5) is 21.9 Å². The number of aryl methyl sites for hydroxylation is 1. The third kappa shape index (κ3) is 7.62. The number of urea groups is 1. The maximum atomic E-state index is 13.6. The Hall–Kier alpha value is -5.31. The van der Waals surface area contributed by atoms with Gasteiger partial charge >= 0.3 is 12.0 Å². The lowest BCUT2D eigenvalue weighted by atomic mass is 9.88. The molecular formula is C36H37N3O6. The molecule has 0 aliphatic carbocycles. The molecule has 0 saturated carbocycles. The van der Waals surface area contributed by atoms with Crippen LogP contribution in [0.3, 0.4) is 0 Å². The zero-order chi connectivity index (χ0) is 31.8. The summed E-state index contributed by atoms with van der Waals surface area (Å²) in [5.41, 5.74) is 5.46. The van der Waals surface area contributed by atoms with Crippen LogP contribution >= 0.6 is 0 Å². The minimum atomic E-state index is -0.396. The first-order valence-corrected chi connectivity index (χ1v) is 14.9. The van der Waals surface area contributed by atoms with Crippen LogP contribution in [0.2, 0.25) is 0 Å². The van der Waals surface area contributed by atoms with Crippen molar-refractivity contribution in [1.82, 2.24) is 0 Å². The fraction of sp³-hybridized carbons (Fsp3) is 0.250. The molecule has 9 heteroatoms. The van der Waals surface area contributed by atoms with E-state index in [0.29, 0.717) is 48.3 Å². The summed E-state index contributed by atoms with van der Waals surface area (Å²) >= 11 is 0. The van der Waals surface area contributed by atoms with Crippen molar-refractivity contribution < 1.29 is 28.6 Å². The number of amides is 3. The van der Waals surface area contributed by atoms with Crippen LogP contribution in [0.15, 0.2) is 91.0 Å². The summed E-state index contributed by atoms with van der Waals surface area (Å²) in [6.07, 6.45) is 0.322. The number of para-hydroxylation sites is 1. The van der Waals surface area contributed by atoms with Gasteiger partial charge in [0.05, 0.1) is 44.5 Å². The maximum absolute atomic E-state index is 13.6. The first-order chi connectivity index (χ1) is 21.9. The molecule has 0 fully saturated rings. The van der Waals surface area contributed by atoms with E-state index in [2.05, 4.69) is 10.6 Å². The van der Waals surface area contributed by atoms with Crippen LogP contribution in [-0.4, -0.2) is 44.8 Å². The van der Waals surface area contributed by atoms with E-state index in [9.17, 15) is 14.4 Å². The molecule has 3 amide bonds. The lowest BCUT2D eigenvalue weighted by Crippen LogP contribution is -2.39. The Balaban J connectivity index is 1.30. The van der Waals surface area contributed by atoms with E-state index < -0.39 is 6.03 Å². The molecule has 2 N–H and O–H groups in total. The number of fused-ring (bicyclic) bond motifs is 1. The minimum Gasteiger partial charge on any atom is -0.495 e. The topological polar surface area (TPSA) is 106 Å². The summed E-state index contributed by atoms with van der Waals surface area (Å²) in [6.45, 7) is 4.78. The third-order valence-corrected chi connectivity index (χ3v) is 7.69. The van der Waals surface area contributed by atoms with Gasteiger partial charge in [-0.05, 0) is 66.4 Å². The van der Waals surface area contributed by atoms with Gasteiger partial charge in [0.1, 0.15) is 18.1 Å². The number of rotatable bonds is 10. The van der Waals surface area contributed by atoms with Gasteiger partial charge in [-0.2, -0.15) is 0 Å². The second kappa shape index (κ2) is 14.4. The summed E-state index contributed by atoms with van der Waals surface area (Å²) in [5.74, 6) is 0.446. The van der Waals surface area contributed by atoms with Crippen LogP contribution < -0.4 is 25.0 Å². The lowest BCUT2D eigenvalue weighted by Gasteiger charge is -2.31. The number of nitrogens with one attached hydrogen (secondary N) is 2. The molecule has 0 aromatic heterocycles. The van der Waals surface area contributed by atoms with Gasteiger partial charge in [0.2, 0.25) is 5.91 Å². The predicted octanol–water partition coefficient (Wildman–Crippen LogP) is 6.70. The molecule has 45 heavy (non-hydrogen) atoms. The average molecular weight is 608 g/mol. The number of nitrogens with zero attached hydrogens (tertiary/aromatic N) is 1. The van der Waals surface area contributed by atoms with Gasteiger partial charge in [-0.3, -0.25) is 9.59 Å². The summed E-state index contributed by atoms with van der Waals surface area (Å²) in [5, 5.41) is 5.67. The highest BCUT2D eigenvalue weighted by Crippen LogP contribution is 2.38. The Bertz CT molecular complexity index is 1670. The van der Waals surface area contributed by atoms with Crippen molar-refractivity contribution in [3.8, 4) is 11.5 Å². The number of carbonyl (C=O) groups excluding carboxylic acids is 3. The molecular weight excluding hydrogens is 570 g/mol. The van der Waals surface area contributed by atoms with Gasteiger partial charge in [-0.1, -0.05) is 60.7 Å². The Labute approximate surface area is 263 Å². The van der Waals surface area contributed by atoms with Crippen LogP contribution in [0, 0.1) is 6.92 Å². The highest BCUT2D eigenvalue weighted by molar-refractivity contribution is 6.01. The number of ether oxygens (including phenoxy) is 3. The average Bonchev–Trinajstić information content (AvgIpc) is 3.05. The second-order valence-electron chi connectivity index (χ2n) is 10.7. The molecule has 1 unspecified atom stereocenters. The molecule has 0 saturated heterocycles. The van der Waals surface area contributed by atoms with Gasteiger partial charge in [0.25, 0.3) is 0 Å². The number of carbonyl (C=O) groups is 3. The predicted molar refractivity (Wildman–Crippen MR) is 174 cm³/mol. The van der Waals surface area contributed by atoms with E-state index in [-0.39, 0.29) is 30.6 Å². The van der Waals surface area contributed by atoms with Gasteiger partial charge in [-0.15, -0.1) is 0 Å². The molecule has 1 aliphatic rings. The molecule has 5 rings (SSSR count). The van der Waals surface area contributed by atoms with Gasteiger partial charge in [0.15, 0.2) is 0 Å². The van der Waals surface area contributed by atoms with Gasteiger partial charge in [-0.25, -0.2) is 4.79 Å². The van der Waals surface area contributed by atoms with E-state index in [0.717, 1.165) is 22.3 Å². The van der Waals surface area contributed by atoms with Gasteiger partial charge < -0.3 is 29.7 Å². The van der Waals surface area contributed by atoms with E-state index >= 15 is 0 Å². The summed E-state index contributed by atoms with van der Waals surface area (Å²) in [7, 11) is 1.52. The Kier molecular flexibility index (Phi) is 9.99. The maximum Gasteiger partial charge on any atom is 0.323 e. The smallest absolute Gasteiger partial charge is 0.323 e. The second-order valence-corrected chi connectivity index (χ2v) is 10.7. The standard InChI is InChI=1S/C36H37N3O6/c1-4-44-35(41)23-28(26-11-6-5-7-12-26)27-15-17-31-33(22-27)45-19-18-39(31)34(40)21-25-14-16-30(32(20-25)43-3)38-36(42)37-29-13-9-8-10-24(29)2/h5-17,20,22,28H,4,18-19,21,23H2,1-3H3,(H2,37,38,42). The number of hydrogen-bond donors (Lipinski definition) is 2. The van der Waals surface area contributed by atoms with Crippen molar-refractivity contribution in [2.75, 3.05) is 42.4 Å². The summed E-state index contributed by atoms with van der Waals surface area (Å²) in [6, 6.07) is 27.9. The summed E-state index contributed by atoms with van der Waals surface area (Å²) in [4.78, 5) is 40.4. The van der Waals surface area contributed by atoms with E-state index in [1.165, 1.54) is 7.11 Å². The van der Waals surface area contributed by atoms with Crippen LogP contribution in [0.5, 0.6) is 11.5 Å². The molecule has 1 heterocycles. The molecule has 4 aromatic rings. The molecule has 4 aromatic carbocycles. The van der Waals surface area contributed by atoms with Crippen molar-refractivity contribution in [3.05, 3.63) is 113 Å². The zero-order valence-corrected chi connectivity index (χ0v) is 25.7.